The standard InChI is InChI=1S/C20H25N7O/c1-13-5-6-17(9-14(13)2)25-20(28)22-8-7-21-18-11-19(24-12-23-18)27-16(4)10-15(3)26-27/h5-6,9-12H,7-8H2,1-4H3,(H,21,23,24)(H2,22,25,28). The van der Waals surface area contributed by atoms with Crippen molar-refractivity contribution in [1.82, 2.24) is 25.1 Å². The number of aromatic nitrogens is 4. The molecule has 0 aliphatic carbocycles. The van der Waals surface area contributed by atoms with Gasteiger partial charge < -0.3 is 16.0 Å². The number of rotatable bonds is 6. The van der Waals surface area contributed by atoms with Gasteiger partial charge in [-0.1, -0.05) is 6.07 Å². The molecule has 2 amide bonds. The van der Waals surface area contributed by atoms with E-state index in [1.54, 1.807) is 4.68 Å². The number of carbonyl (C=O) groups is 1. The van der Waals surface area contributed by atoms with Gasteiger partial charge in [0.1, 0.15) is 12.1 Å². The Morgan fingerprint density at radius 3 is 2.54 bits per heavy atom. The zero-order valence-corrected chi connectivity index (χ0v) is 16.6. The van der Waals surface area contributed by atoms with Crippen molar-refractivity contribution in [2.24, 2.45) is 0 Å². The number of amides is 2. The zero-order valence-electron chi connectivity index (χ0n) is 16.6. The molecule has 0 aliphatic heterocycles. The molecule has 2 aromatic heterocycles. The molecule has 3 N–H and O–H groups in total. The second-order valence-electron chi connectivity index (χ2n) is 6.71. The molecule has 8 heteroatoms. The molecule has 0 bridgehead atoms. The fourth-order valence-corrected chi connectivity index (χ4v) is 2.78. The molecule has 28 heavy (non-hydrogen) atoms. The van der Waals surface area contributed by atoms with Crippen LogP contribution in [-0.2, 0) is 0 Å². The fraction of sp³-hybridized carbons (Fsp3) is 0.300. The van der Waals surface area contributed by atoms with E-state index in [1.165, 1.54) is 11.9 Å². The first kappa shape index (κ1) is 19.3. The summed E-state index contributed by atoms with van der Waals surface area (Å²) in [6, 6.07) is 9.41. The molecule has 0 saturated carbocycles. The van der Waals surface area contributed by atoms with Crippen LogP contribution >= 0.6 is 0 Å². The Morgan fingerprint density at radius 1 is 1.00 bits per heavy atom. The van der Waals surface area contributed by atoms with E-state index in [0.29, 0.717) is 24.7 Å². The van der Waals surface area contributed by atoms with Crippen molar-refractivity contribution in [3.63, 3.8) is 0 Å². The molecule has 3 rings (SSSR count). The van der Waals surface area contributed by atoms with Crippen LogP contribution in [0.1, 0.15) is 22.5 Å². The summed E-state index contributed by atoms with van der Waals surface area (Å²) in [6.07, 6.45) is 1.49. The quantitative estimate of drug-likeness (QED) is 0.572. The summed E-state index contributed by atoms with van der Waals surface area (Å²) in [4.78, 5) is 20.5. The van der Waals surface area contributed by atoms with E-state index in [-0.39, 0.29) is 6.03 Å². The predicted molar refractivity (Wildman–Crippen MR) is 110 cm³/mol. The summed E-state index contributed by atoms with van der Waals surface area (Å²) in [5, 5.41) is 13.3. The summed E-state index contributed by atoms with van der Waals surface area (Å²) in [5.41, 5.74) is 5.05. The lowest BCUT2D eigenvalue weighted by molar-refractivity contribution is 0.252. The van der Waals surface area contributed by atoms with Crippen LogP contribution in [0.25, 0.3) is 5.82 Å². The van der Waals surface area contributed by atoms with Gasteiger partial charge in [-0.15, -0.1) is 0 Å². The topological polar surface area (TPSA) is 96.8 Å². The van der Waals surface area contributed by atoms with Crippen LogP contribution in [0.3, 0.4) is 0 Å². The smallest absolute Gasteiger partial charge is 0.319 e. The number of nitrogens with one attached hydrogen (secondary N) is 3. The van der Waals surface area contributed by atoms with E-state index < -0.39 is 0 Å². The minimum Gasteiger partial charge on any atom is -0.368 e. The van der Waals surface area contributed by atoms with Gasteiger partial charge in [-0.25, -0.2) is 19.4 Å². The van der Waals surface area contributed by atoms with Gasteiger partial charge in [0.15, 0.2) is 5.82 Å². The lowest BCUT2D eigenvalue weighted by atomic mass is 10.1. The van der Waals surface area contributed by atoms with Gasteiger partial charge in [-0.3, -0.25) is 0 Å². The van der Waals surface area contributed by atoms with E-state index in [2.05, 4.69) is 31.0 Å². The normalized spacial score (nSPS) is 10.6. The van der Waals surface area contributed by atoms with Crippen LogP contribution in [-0.4, -0.2) is 38.9 Å². The van der Waals surface area contributed by atoms with Crippen LogP contribution < -0.4 is 16.0 Å². The number of urea groups is 1. The molecule has 0 saturated heterocycles. The van der Waals surface area contributed by atoms with Crippen molar-refractivity contribution in [2.45, 2.75) is 27.7 Å². The third kappa shape index (κ3) is 4.85. The molecule has 2 heterocycles. The van der Waals surface area contributed by atoms with Crippen molar-refractivity contribution in [2.75, 3.05) is 23.7 Å². The molecular formula is C20H25N7O. The molecule has 0 aliphatic rings. The second-order valence-corrected chi connectivity index (χ2v) is 6.71. The highest BCUT2D eigenvalue weighted by atomic mass is 16.2. The molecule has 0 fully saturated rings. The highest BCUT2D eigenvalue weighted by Gasteiger charge is 2.07. The van der Waals surface area contributed by atoms with Crippen molar-refractivity contribution < 1.29 is 4.79 Å². The van der Waals surface area contributed by atoms with Crippen LogP contribution in [0.2, 0.25) is 0 Å². The van der Waals surface area contributed by atoms with Crippen molar-refractivity contribution in [3.8, 4) is 5.82 Å². The minimum absolute atomic E-state index is 0.240. The summed E-state index contributed by atoms with van der Waals surface area (Å²) in [6.45, 7) is 8.97. The third-order valence-corrected chi connectivity index (χ3v) is 4.36. The molecule has 0 spiro atoms. The first-order valence-electron chi connectivity index (χ1n) is 9.14. The van der Waals surface area contributed by atoms with Crippen molar-refractivity contribution in [3.05, 3.63) is 59.2 Å². The van der Waals surface area contributed by atoms with Gasteiger partial charge in [0, 0.05) is 30.5 Å². The molecule has 3 aromatic rings. The number of hydrogen-bond donors (Lipinski definition) is 3. The van der Waals surface area contributed by atoms with Gasteiger partial charge in [-0.2, -0.15) is 5.10 Å². The van der Waals surface area contributed by atoms with Crippen molar-refractivity contribution >= 4 is 17.5 Å². The maximum absolute atomic E-state index is 12.0. The Kier molecular flexibility index (Phi) is 5.88. The monoisotopic (exact) mass is 379 g/mol. The highest BCUT2D eigenvalue weighted by Crippen LogP contribution is 2.14. The fourth-order valence-electron chi connectivity index (χ4n) is 2.78. The molecule has 8 nitrogen and oxygen atoms in total. The Labute approximate surface area is 164 Å². The Morgan fingerprint density at radius 2 is 1.82 bits per heavy atom. The number of anilines is 2. The second kappa shape index (κ2) is 8.51. The Hall–Kier alpha value is -3.42. The Balaban J connectivity index is 1.48. The summed E-state index contributed by atoms with van der Waals surface area (Å²) >= 11 is 0. The van der Waals surface area contributed by atoms with Gasteiger partial charge in [-0.05, 0) is 57.0 Å². The molecule has 1 aromatic carbocycles. The van der Waals surface area contributed by atoms with Crippen molar-refractivity contribution in [1.29, 1.82) is 0 Å². The van der Waals surface area contributed by atoms with Crippen LogP contribution in [0.4, 0.5) is 16.3 Å². The van der Waals surface area contributed by atoms with Gasteiger partial charge in [0.2, 0.25) is 0 Å². The number of hydrogen-bond acceptors (Lipinski definition) is 5. The third-order valence-electron chi connectivity index (χ3n) is 4.36. The predicted octanol–water partition coefficient (Wildman–Crippen LogP) is 3.13. The number of carbonyl (C=O) groups excluding carboxylic acids is 1. The molecule has 0 radical (unpaired) electrons. The van der Waals surface area contributed by atoms with Crippen LogP contribution in [0.15, 0.2) is 36.7 Å². The lowest BCUT2D eigenvalue weighted by Crippen LogP contribution is -2.32. The van der Waals surface area contributed by atoms with Crippen LogP contribution in [0.5, 0.6) is 0 Å². The van der Waals surface area contributed by atoms with Gasteiger partial charge in [0.05, 0.1) is 5.69 Å². The first-order valence-corrected chi connectivity index (χ1v) is 9.14. The number of nitrogens with zero attached hydrogens (tertiary/aromatic N) is 4. The van der Waals surface area contributed by atoms with Gasteiger partial charge in [0.25, 0.3) is 0 Å². The number of benzene rings is 1. The van der Waals surface area contributed by atoms with E-state index in [4.69, 9.17) is 0 Å². The van der Waals surface area contributed by atoms with E-state index in [1.807, 2.05) is 58.0 Å². The van der Waals surface area contributed by atoms with E-state index >= 15 is 0 Å². The lowest BCUT2D eigenvalue weighted by Gasteiger charge is -2.10. The van der Waals surface area contributed by atoms with E-state index in [0.717, 1.165) is 22.6 Å². The summed E-state index contributed by atoms with van der Waals surface area (Å²) < 4.78 is 1.78. The minimum atomic E-state index is -0.240. The summed E-state index contributed by atoms with van der Waals surface area (Å²) in [5.74, 6) is 1.37. The maximum atomic E-state index is 12.0. The SMILES string of the molecule is Cc1cc(C)n(-c2cc(NCCNC(=O)Nc3ccc(C)c(C)c3)ncn2)n1. The number of aryl methyl sites for hydroxylation is 4. The average Bonchev–Trinajstić information content (AvgIpc) is 3.00. The van der Waals surface area contributed by atoms with E-state index in [9.17, 15) is 4.79 Å². The van der Waals surface area contributed by atoms with Gasteiger partial charge >= 0.3 is 6.03 Å². The average molecular weight is 379 g/mol. The molecule has 146 valence electrons. The summed E-state index contributed by atoms with van der Waals surface area (Å²) in [7, 11) is 0. The highest BCUT2D eigenvalue weighted by molar-refractivity contribution is 5.89. The zero-order chi connectivity index (χ0) is 20.1. The molecule has 0 atom stereocenters. The first-order chi connectivity index (χ1) is 13.4. The Bertz CT molecular complexity index is 980. The van der Waals surface area contributed by atoms with Crippen LogP contribution in [0, 0.1) is 27.7 Å². The molecular weight excluding hydrogens is 354 g/mol. The largest absolute Gasteiger partial charge is 0.368 e. The molecule has 0 unspecified atom stereocenters. The maximum Gasteiger partial charge on any atom is 0.319 e.